The molecule has 184 valence electrons. The number of hydrogen-bond acceptors (Lipinski definition) is 7. The van der Waals surface area contributed by atoms with E-state index in [2.05, 4.69) is 44.8 Å². The fraction of sp³-hybridized carbons (Fsp3) is 0.440. The molecule has 1 amide bonds. The summed E-state index contributed by atoms with van der Waals surface area (Å²) >= 11 is 0. The van der Waals surface area contributed by atoms with Crippen molar-refractivity contribution in [1.82, 2.24) is 34.4 Å². The topological polar surface area (TPSA) is 94.9 Å². The number of aromatic amines is 1. The molecule has 1 saturated heterocycles. The Bertz CT molecular complexity index is 1360. The lowest BCUT2D eigenvalue weighted by Crippen LogP contribution is -2.49. The van der Waals surface area contributed by atoms with Crippen molar-refractivity contribution in [1.29, 1.82) is 0 Å². The molecular formula is C25H32N8O2. The molecule has 10 nitrogen and oxygen atoms in total. The predicted molar refractivity (Wildman–Crippen MR) is 136 cm³/mol. The maximum Gasteiger partial charge on any atom is 0.236 e. The number of carbonyl (C=O) groups is 1. The molecule has 0 saturated carbocycles. The van der Waals surface area contributed by atoms with Crippen LogP contribution in [-0.4, -0.2) is 94.2 Å². The predicted octanol–water partition coefficient (Wildman–Crippen LogP) is 2.61. The number of amides is 1. The van der Waals surface area contributed by atoms with Gasteiger partial charge in [-0.2, -0.15) is 5.10 Å². The third kappa shape index (κ3) is 4.29. The smallest absolute Gasteiger partial charge is 0.236 e. The number of hydrogen-bond donors (Lipinski definition) is 1. The van der Waals surface area contributed by atoms with Crippen LogP contribution >= 0.6 is 0 Å². The van der Waals surface area contributed by atoms with Gasteiger partial charge in [-0.25, -0.2) is 14.5 Å². The Labute approximate surface area is 204 Å². The van der Waals surface area contributed by atoms with Gasteiger partial charge in [0.2, 0.25) is 5.91 Å². The SMILES string of the molecule is COc1cc(-c2[nH]c3cnc(N4CCN(CC(=O)N(C)C)CC4)cc3c2C(C)C)cn2ncnc12. The lowest BCUT2D eigenvalue weighted by atomic mass is 9.97. The Morgan fingerprint density at radius 3 is 2.63 bits per heavy atom. The summed E-state index contributed by atoms with van der Waals surface area (Å²) < 4.78 is 7.33. The molecule has 1 aliphatic heterocycles. The van der Waals surface area contributed by atoms with Crippen molar-refractivity contribution in [2.75, 3.05) is 58.8 Å². The van der Waals surface area contributed by atoms with Crippen molar-refractivity contribution in [2.45, 2.75) is 19.8 Å². The van der Waals surface area contributed by atoms with E-state index in [4.69, 9.17) is 9.72 Å². The van der Waals surface area contributed by atoms with Crippen LogP contribution < -0.4 is 9.64 Å². The number of piperazine rings is 1. The van der Waals surface area contributed by atoms with E-state index in [1.54, 1.807) is 30.6 Å². The highest BCUT2D eigenvalue weighted by Crippen LogP contribution is 2.38. The zero-order valence-corrected chi connectivity index (χ0v) is 20.9. The molecule has 0 bridgehead atoms. The number of aromatic nitrogens is 5. The Kier molecular flexibility index (Phi) is 6.06. The molecular weight excluding hydrogens is 444 g/mol. The minimum absolute atomic E-state index is 0.139. The van der Waals surface area contributed by atoms with E-state index in [9.17, 15) is 4.79 Å². The summed E-state index contributed by atoms with van der Waals surface area (Å²) in [5.74, 6) is 2.08. The average molecular weight is 477 g/mol. The Morgan fingerprint density at radius 2 is 1.94 bits per heavy atom. The van der Waals surface area contributed by atoms with Crippen LogP contribution in [0.3, 0.4) is 0 Å². The van der Waals surface area contributed by atoms with Crippen LogP contribution in [0.15, 0.2) is 30.9 Å². The van der Waals surface area contributed by atoms with Crippen LogP contribution in [0.2, 0.25) is 0 Å². The number of fused-ring (bicyclic) bond motifs is 2. The number of H-pyrrole nitrogens is 1. The molecule has 0 aromatic carbocycles. The first-order valence-corrected chi connectivity index (χ1v) is 11.9. The van der Waals surface area contributed by atoms with Gasteiger partial charge in [-0.05, 0) is 23.6 Å². The van der Waals surface area contributed by atoms with Gasteiger partial charge in [0.1, 0.15) is 12.1 Å². The largest absolute Gasteiger partial charge is 0.493 e. The second-order valence-corrected chi connectivity index (χ2v) is 9.53. The fourth-order valence-corrected chi connectivity index (χ4v) is 4.75. The van der Waals surface area contributed by atoms with Gasteiger partial charge < -0.3 is 19.5 Å². The fourth-order valence-electron chi connectivity index (χ4n) is 4.75. The highest BCUT2D eigenvalue weighted by Gasteiger charge is 2.23. The van der Waals surface area contributed by atoms with Crippen LogP contribution in [0, 0.1) is 0 Å². The molecule has 1 N–H and O–H groups in total. The van der Waals surface area contributed by atoms with Gasteiger partial charge in [0.15, 0.2) is 11.4 Å². The molecule has 0 unspecified atom stereocenters. The van der Waals surface area contributed by atoms with Gasteiger partial charge >= 0.3 is 0 Å². The Balaban J connectivity index is 1.47. The van der Waals surface area contributed by atoms with E-state index in [0.717, 1.165) is 48.8 Å². The summed E-state index contributed by atoms with van der Waals surface area (Å²) in [6.07, 6.45) is 5.43. The minimum atomic E-state index is 0.139. The van der Waals surface area contributed by atoms with E-state index in [1.165, 1.54) is 17.3 Å². The highest BCUT2D eigenvalue weighted by atomic mass is 16.5. The first-order valence-electron chi connectivity index (χ1n) is 11.9. The van der Waals surface area contributed by atoms with Crippen LogP contribution in [0.4, 0.5) is 5.82 Å². The normalized spacial score (nSPS) is 14.9. The molecule has 1 fully saturated rings. The van der Waals surface area contributed by atoms with Gasteiger partial charge in [0, 0.05) is 57.4 Å². The molecule has 5 heterocycles. The van der Waals surface area contributed by atoms with Gasteiger partial charge in [-0.1, -0.05) is 13.8 Å². The first kappa shape index (κ1) is 23.1. The summed E-state index contributed by atoms with van der Waals surface area (Å²) in [5, 5.41) is 5.49. The number of nitrogens with zero attached hydrogens (tertiary/aromatic N) is 7. The summed E-state index contributed by atoms with van der Waals surface area (Å²) in [6, 6.07) is 4.19. The van der Waals surface area contributed by atoms with Crippen LogP contribution in [0.1, 0.15) is 25.3 Å². The second-order valence-electron chi connectivity index (χ2n) is 9.53. The zero-order valence-electron chi connectivity index (χ0n) is 20.9. The molecule has 0 atom stereocenters. The second kappa shape index (κ2) is 9.18. The van der Waals surface area contributed by atoms with Crippen molar-refractivity contribution in [3.63, 3.8) is 0 Å². The van der Waals surface area contributed by atoms with E-state index < -0.39 is 0 Å². The monoisotopic (exact) mass is 476 g/mol. The number of pyridine rings is 2. The zero-order chi connectivity index (χ0) is 24.7. The molecule has 5 rings (SSSR count). The Hall–Kier alpha value is -3.66. The summed E-state index contributed by atoms with van der Waals surface area (Å²) in [4.78, 5) is 30.9. The molecule has 35 heavy (non-hydrogen) atoms. The van der Waals surface area contributed by atoms with Gasteiger partial charge in [0.25, 0.3) is 0 Å². The van der Waals surface area contributed by atoms with Gasteiger partial charge in [-0.15, -0.1) is 0 Å². The molecule has 4 aromatic heterocycles. The van der Waals surface area contributed by atoms with E-state index in [-0.39, 0.29) is 5.91 Å². The van der Waals surface area contributed by atoms with Crippen molar-refractivity contribution in [3.05, 3.63) is 36.4 Å². The number of carbonyl (C=O) groups excluding carboxylic acids is 1. The lowest BCUT2D eigenvalue weighted by molar-refractivity contribution is -0.129. The molecule has 10 heteroatoms. The maximum atomic E-state index is 12.1. The molecule has 0 aliphatic carbocycles. The third-order valence-corrected chi connectivity index (χ3v) is 6.69. The van der Waals surface area contributed by atoms with Crippen molar-refractivity contribution in [2.24, 2.45) is 0 Å². The summed E-state index contributed by atoms with van der Waals surface area (Å²) in [6.45, 7) is 8.24. The standard InChI is InChI=1S/C25H32N8O2/c1-16(2)23-18-11-21(32-8-6-31(7-9-32)14-22(34)30(3)4)26-12-19(18)29-24(23)17-10-20(35-5)25-27-15-28-33(25)13-17/h10-13,15-16,29H,6-9,14H2,1-5H3. The number of methoxy groups -OCH3 is 1. The van der Waals surface area contributed by atoms with E-state index in [0.29, 0.717) is 23.9 Å². The molecule has 0 radical (unpaired) electrons. The lowest BCUT2D eigenvalue weighted by Gasteiger charge is -2.35. The maximum absolute atomic E-state index is 12.1. The molecule has 1 aliphatic rings. The van der Waals surface area contributed by atoms with Gasteiger partial charge in [-0.3, -0.25) is 9.69 Å². The van der Waals surface area contributed by atoms with Crippen LogP contribution in [-0.2, 0) is 4.79 Å². The van der Waals surface area contributed by atoms with Crippen molar-refractivity contribution in [3.8, 4) is 17.0 Å². The van der Waals surface area contributed by atoms with Crippen LogP contribution in [0.5, 0.6) is 5.75 Å². The number of ether oxygens (including phenoxy) is 1. The van der Waals surface area contributed by atoms with E-state index >= 15 is 0 Å². The summed E-state index contributed by atoms with van der Waals surface area (Å²) in [5.41, 5.74) is 4.95. The number of anilines is 1. The Morgan fingerprint density at radius 1 is 1.17 bits per heavy atom. The molecule has 4 aromatic rings. The van der Waals surface area contributed by atoms with Crippen molar-refractivity contribution >= 4 is 28.3 Å². The average Bonchev–Trinajstić information content (AvgIpc) is 3.48. The van der Waals surface area contributed by atoms with Crippen LogP contribution in [0.25, 0.3) is 27.8 Å². The quantitative estimate of drug-likeness (QED) is 0.457. The number of nitrogens with one attached hydrogen (secondary N) is 1. The van der Waals surface area contributed by atoms with Crippen molar-refractivity contribution < 1.29 is 9.53 Å². The third-order valence-electron chi connectivity index (χ3n) is 6.69. The summed E-state index contributed by atoms with van der Waals surface area (Å²) in [7, 11) is 5.25. The van der Waals surface area contributed by atoms with Gasteiger partial charge in [0.05, 0.1) is 31.1 Å². The first-order chi connectivity index (χ1) is 16.9. The number of rotatable bonds is 6. The number of likely N-dealkylation sites (N-methyl/N-ethyl adjacent to an activating group) is 1. The highest BCUT2D eigenvalue weighted by molar-refractivity contribution is 5.92. The molecule has 0 spiro atoms. The van der Waals surface area contributed by atoms with E-state index in [1.807, 2.05) is 18.5 Å². The minimum Gasteiger partial charge on any atom is -0.493 e.